The zero-order valence-electron chi connectivity index (χ0n) is 25.6. The second-order valence-electron chi connectivity index (χ2n) is 11.2. The van der Waals surface area contributed by atoms with Crippen LogP contribution in [0.2, 0.25) is 0 Å². The van der Waals surface area contributed by atoms with Gasteiger partial charge in [0.05, 0.1) is 35.2 Å². The third kappa shape index (κ3) is 7.58. The Kier molecular flexibility index (Phi) is 11.8. The Morgan fingerprint density at radius 1 is 0.796 bits per heavy atom. The summed E-state index contributed by atoms with van der Waals surface area (Å²) in [6.07, 6.45) is -11.7. The lowest BCUT2D eigenvalue weighted by molar-refractivity contribution is -0.440. The van der Waals surface area contributed by atoms with Crippen molar-refractivity contribution in [2.24, 2.45) is 5.92 Å². The summed E-state index contributed by atoms with van der Waals surface area (Å²) in [4.78, 5) is 37.3. The highest BCUT2D eigenvalue weighted by Crippen LogP contribution is 2.60. The summed E-state index contributed by atoms with van der Waals surface area (Å²) < 4.78 is 184. The number of halogens is 13. The molecule has 1 aromatic carbocycles. The number of dihydropyridines is 1. The molecule has 0 saturated heterocycles. The molecule has 1 aromatic rings. The number of rotatable bonds is 14. The summed E-state index contributed by atoms with van der Waals surface area (Å²) in [5.74, 6) is -42.2. The highest BCUT2D eigenvalue weighted by atomic mass is 19.4. The fraction of sp³-hybridized carbons (Fsp3) is 0.571. The minimum absolute atomic E-state index is 0.0432. The lowest BCUT2D eigenvalue weighted by Crippen LogP contribution is -2.70. The van der Waals surface area contributed by atoms with Gasteiger partial charge in [0.25, 0.3) is 5.69 Å². The van der Waals surface area contributed by atoms with Gasteiger partial charge >= 0.3 is 47.7 Å². The highest BCUT2D eigenvalue weighted by Gasteiger charge is 2.90. The molecule has 1 aliphatic rings. The molecule has 49 heavy (non-hydrogen) atoms. The number of carbonyl (C=O) groups is 2. The molecule has 8 nitrogen and oxygen atoms in total. The molecule has 0 aliphatic carbocycles. The van der Waals surface area contributed by atoms with Gasteiger partial charge in [0.15, 0.2) is 0 Å². The van der Waals surface area contributed by atoms with Crippen LogP contribution in [0.5, 0.6) is 0 Å². The van der Waals surface area contributed by atoms with Crippen LogP contribution in [-0.4, -0.2) is 65.9 Å². The van der Waals surface area contributed by atoms with Gasteiger partial charge in [-0.2, -0.15) is 57.1 Å². The van der Waals surface area contributed by atoms with Gasteiger partial charge < -0.3 is 14.8 Å². The van der Waals surface area contributed by atoms with Crippen LogP contribution in [-0.2, 0) is 19.1 Å². The number of esters is 2. The van der Waals surface area contributed by atoms with Crippen molar-refractivity contribution in [3.05, 3.63) is 62.5 Å². The molecule has 0 saturated carbocycles. The molecule has 0 bridgehead atoms. The number of ether oxygens (including phenoxy) is 2. The SMILES string of the molecule is CC1=C(C(=O)OCCCC(F)(F)C(F)(F)C(F)(F)C(F)(F)C(F)(F)C(F)(F)F)C(c2ccccc2[N+](=O)[O-])C(C(=O)OCC(C)C)=C(C)N1. The first-order valence-corrected chi connectivity index (χ1v) is 13.8. The van der Waals surface area contributed by atoms with E-state index in [2.05, 4.69) is 5.32 Å². The zero-order valence-corrected chi connectivity index (χ0v) is 25.6. The van der Waals surface area contributed by atoms with Gasteiger partial charge in [0.2, 0.25) is 0 Å². The molecule has 1 N–H and O–H groups in total. The van der Waals surface area contributed by atoms with Crippen LogP contribution in [0.3, 0.4) is 0 Å². The Hall–Kier alpha value is -4.07. The van der Waals surface area contributed by atoms with Gasteiger partial charge in [0, 0.05) is 29.4 Å². The van der Waals surface area contributed by atoms with Crippen LogP contribution in [0.4, 0.5) is 62.8 Å². The maximum absolute atomic E-state index is 14.2. The molecule has 0 fully saturated rings. The standard InChI is InChI=1S/C28H27F13N2O6/c1-13(2)12-49-22(45)19-15(4)42-14(3)18(20(19)16-8-5-6-9-17(16)43(46)47)21(44)48-11-7-10-23(29,30)24(31,32)25(33,34)26(35,36)27(37,38)28(39,40)41/h5-6,8-9,13,20,42H,7,10-12H2,1-4H3. The smallest absolute Gasteiger partial charge is 0.460 e. The largest absolute Gasteiger partial charge is 0.462 e. The Morgan fingerprint density at radius 2 is 1.27 bits per heavy atom. The maximum atomic E-state index is 14.2. The van der Waals surface area contributed by atoms with Gasteiger partial charge in [-0.3, -0.25) is 10.1 Å². The molecule has 21 heteroatoms. The molecule has 0 aromatic heterocycles. The molecule has 0 amide bonds. The van der Waals surface area contributed by atoms with E-state index < -0.39 is 89.3 Å². The fourth-order valence-electron chi connectivity index (χ4n) is 4.56. The third-order valence-electron chi connectivity index (χ3n) is 7.06. The van der Waals surface area contributed by atoms with Crippen LogP contribution < -0.4 is 5.32 Å². The monoisotopic (exact) mass is 734 g/mol. The lowest BCUT2D eigenvalue weighted by Gasteiger charge is -2.39. The van der Waals surface area contributed by atoms with Crippen molar-refractivity contribution in [1.82, 2.24) is 5.32 Å². The highest BCUT2D eigenvalue weighted by molar-refractivity contribution is 6.00. The second kappa shape index (κ2) is 14.0. The number of nitro groups is 1. The van der Waals surface area contributed by atoms with Crippen LogP contribution in [0.15, 0.2) is 46.8 Å². The van der Waals surface area contributed by atoms with Crippen molar-refractivity contribution in [2.75, 3.05) is 13.2 Å². The van der Waals surface area contributed by atoms with Crippen molar-refractivity contribution in [2.45, 2.75) is 82.2 Å². The molecule has 1 atom stereocenters. The number of allylic oxidation sites excluding steroid dienone is 2. The van der Waals surface area contributed by atoms with E-state index in [1.54, 1.807) is 13.8 Å². The van der Waals surface area contributed by atoms with Crippen molar-refractivity contribution in [3.63, 3.8) is 0 Å². The van der Waals surface area contributed by atoms with Gasteiger partial charge in [-0.15, -0.1) is 0 Å². The first kappa shape index (κ1) is 41.1. The number of alkyl halides is 13. The van der Waals surface area contributed by atoms with Gasteiger partial charge in [-0.05, 0) is 26.2 Å². The molecule has 1 unspecified atom stereocenters. The Balaban J connectivity index is 2.40. The quantitative estimate of drug-likeness (QED) is 0.0677. The minimum Gasteiger partial charge on any atom is -0.462 e. The third-order valence-corrected chi connectivity index (χ3v) is 7.06. The van der Waals surface area contributed by atoms with E-state index in [4.69, 9.17) is 9.47 Å². The molecule has 0 spiro atoms. The first-order chi connectivity index (χ1) is 22.1. The number of nitro benzene ring substituents is 1. The van der Waals surface area contributed by atoms with Gasteiger partial charge in [-0.1, -0.05) is 32.0 Å². The van der Waals surface area contributed by atoms with Gasteiger partial charge in [-0.25, -0.2) is 9.59 Å². The number of para-hydroxylation sites is 1. The normalized spacial score (nSPS) is 16.9. The van der Waals surface area contributed by atoms with Crippen molar-refractivity contribution in [3.8, 4) is 0 Å². The summed E-state index contributed by atoms with van der Waals surface area (Å²) in [5.41, 5.74) is -1.91. The number of carbonyl (C=O) groups excluding carboxylic acids is 2. The first-order valence-electron chi connectivity index (χ1n) is 13.8. The number of nitrogens with zero attached hydrogens (tertiary/aromatic N) is 1. The summed E-state index contributed by atoms with van der Waals surface area (Å²) in [5, 5.41) is 14.5. The van der Waals surface area contributed by atoms with E-state index in [1.165, 1.54) is 26.0 Å². The van der Waals surface area contributed by atoms with Crippen LogP contribution >= 0.6 is 0 Å². The zero-order chi connectivity index (χ0) is 38.1. The van der Waals surface area contributed by atoms with Crippen LogP contribution in [0.1, 0.15) is 52.0 Å². The molecule has 2 rings (SSSR count). The number of hydrogen-bond acceptors (Lipinski definition) is 7. The van der Waals surface area contributed by atoms with E-state index >= 15 is 0 Å². The van der Waals surface area contributed by atoms with E-state index in [0.29, 0.717) is 0 Å². The van der Waals surface area contributed by atoms with Crippen LogP contribution in [0, 0.1) is 16.0 Å². The van der Waals surface area contributed by atoms with E-state index in [9.17, 15) is 76.8 Å². The lowest BCUT2D eigenvalue weighted by atomic mass is 9.79. The molecular weight excluding hydrogens is 707 g/mol. The average molecular weight is 735 g/mol. The molecular formula is C28H27F13N2O6. The summed E-state index contributed by atoms with van der Waals surface area (Å²) in [6, 6.07) is 4.69. The number of benzene rings is 1. The topological polar surface area (TPSA) is 108 Å². The predicted molar refractivity (Wildman–Crippen MR) is 141 cm³/mol. The van der Waals surface area contributed by atoms with Crippen molar-refractivity contribution in [1.29, 1.82) is 0 Å². The number of hydrogen-bond donors (Lipinski definition) is 1. The molecule has 0 radical (unpaired) electrons. The average Bonchev–Trinajstić information content (AvgIpc) is 2.96. The van der Waals surface area contributed by atoms with E-state index in [-0.39, 0.29) is 35.1 Å². The van der Waals surface area contributed by atoms with Crippen molar-refractivity contribution >= 4 is 17.6 Å². The summed E-state index contributed by atoms with van der Waals surface area (Å²) >= 11 is 0. The van der Waals surface area contributed by atoms with E-state index in [1.807, 2.05) is 0 Å². The maximum Gasteiger partial charge on any atom is 0.460 e. The van der Waals surface area contributed by atoms with Crippen molar-refractivity contribution < 1.29 is 81.1 Å². The Morgan fingerprint density at radius 3 is 1.73 bits per heavy atom. The number of nitrogens with one attached hydrogen (secondary N) is 1. The minimum atomic E-state index is -8.05. The summed E-state index contributed by atoms with van der Waals surface area (Å²) in [6.45, 7) is 4.34. The molecule has 1 aliphatic heterocycles. The summed E-state index contributed by atoms with van der Waals surface area (Å²) in [7, 11) is 0. The predicted octanol–water partition coefficient (Wildman–Crippen LogP) is 8.09. The fourth-order valence-corrected chi connectivity index (χ4v) is 4.56. The molecule has 1 heterocycles. The van der Waals surface area contributed by atoms with E-state index in [0.717, 1.165) is 12.1 Å². The Bertz CT molecular complexity index is 1500. The van der Waals surface area contributed by atoms with Crippen LogP contribution in [0.25, 0.3) is 0 Å². The second-order valence-corrected chi connectivity index (χ2v) is 11.2. The van der Waals surface area contributed by atoms with Gasteiger partial charge in [0.1, 0.15) is 0 Å². The molecule has 276 valence electrons. The Labute approximate surface area is 268 Å².